The number of hydrogen-bond acceptors (Lipinski definition) is 2. The summed E-state index contributed by atoms with van der Waals surface area (Å²) in [4.78, 5) is 11.2. The first-order valence-corrected chi connectivity index (χ1v) is 5.18. The lowest BCUT2D eigenvalue weighted by atomic mass is 10.0. The minimum absolute atomic E-state index is 0.382. The normalized spacial score (nSPS) is 10.6. The van der Waals surface area contributed by atoms with Gasteiger partial charge in [-0.05, 0) is 35.5 Å². The van der Waals surface area contributed by atoms with Gasteiger partial charge in [0.2, 0.25) is 5.91 Å². The summed E-state index contributed by atoms with van der Waals surface area (Å²) in [5, 5.41) is 5.05. The number of rotatable bonds is 3. The Kier molecular flexibility index (Phi) is 2.88. The van der Waals surface area contributed by atoms with Crippen LogP contribution in [0.3, 0.4) is 0 Å². The van der Waals surface area contributed by atoms with Crippen molar-refractivity contribution in [1.29, 1.82) is 0 Å². The van der Waals surface area contributed by atoms with Gasteiger partial charge >= 0.3 is 0 Å². The van der Waals surface area contributed by atoms with Crippen LogP contribution in [0.1, 0.15) is 15.9 Å². The highest BCUT2D eigenvalue weighted by Gasteiger charge is 2.05. The zero-order valence-electron chi connectivity index (χ0n) is 9.16. The number of nitrogens with two attached hydrogens (primary N) is 1. The van der Waals surface area contributed by atoms with Crippen molar-refractivity contribution in [3.05, 3.63) is 47.5 Å². The van der Waals surface area contributed by atoms with Crippen molar-refractivity contribution < 1.29 is 4.79 Å². The van der Waals surface area contributed by atoms with Crippen LogP contribution in [0.25, 0.3) is 10.8 Å². The molecule has 0 aliphatic rings. The van der Waals surface area contributed by atoms with Gasteiger partial charge in [-0.1, -0.05) is 24.3 Å². The van der Waals surface area contributed by atoms with Crippen molar-refractivity contribution in [3.8, 4) is 0 Å². The lowest BCUT2D eigenvalue weighted by Gasteiger charge is -2.05. The fourth-order valence-corrected chi connectivity index (χ4v) is 1.86. The molecule has 2 rings (SSSR count). The number of carbonyl (C=O) groups is 1. The maximum atomic E-state index is 11.2. The zero-order valence-corrected chi connectivity index (χ0v) is 9.16. The zero-order chi connectivity index (χ0) is 11.5. The van der Waals surface area contributed by atoms with Gasteiger partial charge in [0.25, 0.3) is 0 Å². The third kappa shape index (κ3) is 1.90. The summed E-state index contributed by atoms with van der Waals surface area (Å²) in [6.45, 7) is 0.816. The molecule has 3 N–H and O–H groups in total. The van der Waals surface area contributed by atoms with Gasteiger partial charge in [0.05, 0.1) is 0 Å². The van der Waals surface area contributed by atoms with Crippen molar-refractivity contribution >= 4 is 16.7 Å². The Morgan fingerprint density at radius 3 is 2.81 bits per heavy atom. The summed E-state index contributed by atoms with van der Waals surface area (Å²) in [5.74, 6) is -0.382. The van der Waals surface area contributed by atoms with Crippen LogP contribution in [-0.4, -0.2) is 13.0 Å². The van der Waals surface area contributed by atoms with Gasteiger partial charge in [-0.15, -0.1) is 0 Å². The fourth-order valence-electron chi connectivity index (χ4n) is 1.86. The van der Waals surface area contributed by atoms with Gasteiger partial charge < -0.3 is 11.1 Å². The van der Waals surface area contributed by atoms with Crippen LogP contribution >= 0.6 is 0 Å². The summed E-state index contributed by atoms with van der Waals surface area (Å²) in [5.41, 5.74) is 7.09. The molecule has 0 saturated carbocycles. The van der Waals surface area contributed by atoms with Gasteiger partial charge in [0.1, 0.15) is 0 Å². The van der Waals surface area contributed by atoms with Crippen LogP contribution in [0.15, 0.2) is 36.4 Å². The van der Waals surface area contributed by atoms with Crippen molar-refractivity contribution in [2.75, 3.05) is 7.05 Å². The number of nitrogens with one attached hydrogen (secondary N) is 1. The first-order valence-electron chi connectivity index (χ1n) is 5.18. The number of fused-ring (bicyclic) bond motifs is 1. The van der Waals surface area contributed by atoms with E-state index in [-0.39, 0.29) is 5.91 Å². The maximum absolute atomic E-state index is 11.2. The molecule has 0 radical (unpaired) electrons. The Balaban J connectivity index is 2.59. The summed E-state index contributed by atoms with van der Waals surface area (Å²) in [6, 6.07) is 11.6. The molecule has 16 heavy (non-hydrogen) atoms. The SMILES string of the molecule is CNCc1ccc2c(C(N)=O)cccc2c1. The van der Waals surface area contributed by atoms with E-state index in [4.69, 9.17) is 5.73 Å². The fraction of sp³-hybridized carbons (Fsp3) is 0.154. The Labute approximate surface area is 94.3 Å². The predicted molar refractivity (Wildman–Crippen MR) is 65.2 cm³/mol. The van der Waals surface area contributed by atoms with Crippen molar-refractivity contribution in [1.82, 2.24) is 5.32 Å². The van der Waals surface area contributed by atoms with E-state index in [2.05, 4.69) is 11.4 Å². The van der Waals surface area contributed by atoms with E-state index in [9.17, 15) is 4.79 Å². The molecule has 3 nitrogen and oxygen atoms in total. The van der Waals surface area contributed by atoms with Gasteiger partial charge in [-0.25, -0.2) is 0 Å². The molecular formula is C13H14N2O. The molecular weight excluding hydrogens is 200 g/mol. The summed E-state index contributed by atoms with van der Waals surface area (Å²) >= 11 is 0. The molecule has 82 valence electrons. The second kappa shape index (κ2) is 4.33. The molecule has 0 atom stereocenters. The molecule has 2 aromatic carbocycles. The first kappa shape index (κ1) is 10.6. The number of amides is 1. The van der Waals surface area contributed by atoms with E-state index >= 15 is 0 Å². The second-order valence-corrected chi connectivity index (χ2v) is 3.76. The lowest BCUT2D eigenvalue weighted by molar-refractivity contribution is 0.100. The number of hydrogen-bond donors (Lipinski definition) is 2. The van der Waals surface area contributed by atoms with Crippen LogP contribution in [0.2, 0.25) is 0 Å². The van der Waals surface area contributed by atoms with E-state index in [1.165, 1.54) is 5.56 Å². The smallest absolute Gasteiger partial charge is 0.249 e. The van der Waals surface area contributed by atoms with Crippen molar-refractivity contribution in [2.24, 2.45) is 5.73 Å². The van der Waals surface area contributed by atoms with Crippen molar-refractivity contribution in [2.45, 2.75) is 6.54 Å². The summed E-state index contributed by atoms with van der Waals surface area (Å²) in [6.07, 6.45) is 0. The van der Waals surface area contributed by atoms with Crippen LogP contribution in [0.4, 0.5) is 0 Å². The average Bonchev–Trinajstić information content (AvgIpc) is 2.28. The molecule has 0 spiro atoms. The Hall–Kier alpha value is -1.87. The summed E-state index contributed by atoms with van der Waals surface area (Å²) in [7, 11) is 1.91. The molecule has 0 aliphatic heterocycles. The number of carbonyl (C=O) groups excluding carboxylic acids is 1. The summed E-state index contributed by atoms with van der Waals surface area (Å²) < 4.78 is 0. The highest BCUT2D eigenvalue weighted by atomic mass is 16.1. The van der Waals surface area contributed by atoms with Gasteiger partial charge in [0.15, 0.2) is 0 Å². The highest BCUT2D eigenvalue weighted by Crippen LogP contribution is 2.20. The topological polar surface area (TPSA) is 55.1 Å². The number of primary amides is 1. The molecule has 0 saturated heterocycles. The molecule has 0 bridgehead atoms. The third-order valence-corrected chi connectivity index (χ3v) is 2.59. The minimum atomic E-state index is -0.382. The first-order chi connectivity index (χ1) is 7.72. The van der Waals surface area contributed by atoms with Crippen LogP contribution < -0.4 is 11.1 Å². The molecule has 0 fully saturated rings. The molecule has 1 amide bonds. The standard InChI is InChI=1S/C13H14N2O/c1-15-8-9-5-6-11-10(7-9)3-2-4-12(11)13(14)16/h2-7,15H,8H2,1H3,(H2,14,16). The minimum Gasteiger partial charge on any atom is -0.366 e. The molecule has 2 aromatic rings. The molecule has 3 heteroatoms. The third-order valence-electron chi connectivity index (χ3n) is 2.59. The Morgan fingerprint density at radius 1 is 1.31 bits per heavy atom. The van der Waals surface area contributed by atoms with E-state index in [1.54, 1.807) is 6.07 Å². The largest absolute Gasteiger partial charge is 0.366 e. The van der Waals surface area contributed by atoms with Crippen molar-refractivity contribution in [3.63, 3.8) is 0 Å². The second-order valence-electron chi connectivity index (χ2n) is 3.76. The van der Waals surface area contributed by atoms with Crippen LogP contribution in [0, 0.1) is 0 Å². The van der Waals surface area contributed by atoms with E-state index in [0.717, 1.165) is 17.3 Å². The van der Waals surface area contributed by atoms with Gasteiger partial charge in [-0.3, -0.25) is 4.79 Å². The number of benzene rings is 2. The van der Waals surface area contributed by atoms with Crippen LogP contribution in [-0.2, 0) is 6.54 Å². The quantitative estimate of drug-likeness (QED) is 0.816. The monoisotopic (exact) mass is 214 g/mol. The van der Waals surface area contributed by atoms with Gasteiger partial charge in [-0.2, -0.15) is 0 Å². The molecule has 0 aromatic heterocycles. The lowest BCUT2D eigenvalue weighted by Crippen LogP contribution is -2.11. The molecule has 0 unspecified atom stereocenters. The van der Waals surface area contributed by atoms with Crippen LogP contribution in [0.5, 0.6) is 0 Å². The molecule has 0 aliphatic carbocycles. The van der Waals surface area contributed by atoms with Gasteiger partial charge in [0, 0.05) is 12.1 Å². The Bertz CT molecular complexity index is 534. The predicted octanol–water partition coefficient (Wildman–Crippen LogP) is 1.66. The maximum Gasteiger partial charge on any atom is 0.249 e. The van der Waals surface area contributed by atoms with E-state index in [1.807, 2.05) is 31.3 Å². The average molecular weight is 214 g/mol. The highest BCUT2D eigenvalue weighted by molar-refractivity contribution is 6.06. The van der Waals surface area contributed by atoms with E-state index in [0.29, 0.717) is 5.56 Å². The Morgan fingerprint density at radius 2 is 2.12 bits per heavy atom. The van der Waals surface area contributed by atoms with E-state index < -0.39 is 0 Å². The molecule has 0 heterocycles.